The number of benzene rings is 1. The number of hydrogen-bond acceptors (Lipinski definition) is 7. The molecule has 3 N–H and O–H groups in total. The number of aliphatic carboxylic acids is 1. The predicted molar refractivity (Wildman–Crippen MR) is 104 cm³/mol. The van der Waals surface area contributed by atoms with Gasteiger partial charge in [-0.3, -0.25) is 19.3 Å². The number of thiocarbonyl (C=S) groups is 1. The number of aromatic hydroxyl groups is 1. The van der Waals surface area contributed by atoms with Crippen molar-refractivity contribution in [2.24, 2.45) is 0 Å². The molecule has 0 spiro atoms. The normalized spacial score (nSPS) is 15.3. The number of carboxylic acids is 1. The number of hydrogen-bond donors (Lipinski definition) is 3. The van der Waals surface area contributed by atoms with Crippen LogP contribution in [0.1, 0.15) is 18.4 Å². The Labute approximate surface area is 165 Å². The van der Waals surface area contributed by atoms with Gasteiger partial charge in [0.2, 0.25) is 5.91 Å². The van der Waals surface area contributed by atoms with E-state index in [-0.39, 0.29) is 49.2 Å². The van der Waals surface area contributed by atoms with Crippen molar-refractivity contribution in [2.45, 2.75) is 12.8 Å². The number of amides is 2. The number of carbonyl (C=O) groups is 3. The second-order valence-electron chi connectivity index (χ2n) is 5.51. The van der Waals surface area contributed by atoms with Gasteiger partial charge in [-0.25, -0.2) is 0 Å². The summed E-state index contributed by atoms with van der Waals surface area (Å²) in [5.41, 5.74) is 0.663. The second-order valence-corrected chi connectivity index (χ2v) is 7.18. The van der Waals surface area contributed by atoms with E-state index in [0.29, 0.717) is 14.8 Å². The highest BCUT2D eigenvalue weighted by Gasteiger charge is 2.32. The van der Waals surface area contributed by atoms with E-state index in [4.69, 9.17) is 22.1 Å². The average molecular weight is 410 g/mol. The average Bonchev–Trinajstić information content (AvgIpc) is 2.87. The lowest BCUT2D eigenvalue weighted by Crippen LogP contribution is -2.34. The number of ether oxygens (including phenoxy) is 1. The predicted octanol–water partition coefficient (Wildman–Crippen LogP) is 1.58. The number of carboxylic acid groups (broad SMARTS) is 1. The Balaban J connectivity index is 1.98. The summed E-state index contributed by atoms with van der Waals surface area (Å²) in [4.78, 5) is 36.4. The van der Waals surface area contributed by atoms with Crippen molar-refractivity contribution in [2.75, 3.05) is 20.2 Å². The van der Waals surface area contributed by atoms with Gasteiger partial charge in [0.25, 0.3) is 5.91 Å². The highest BCUT2D eigenvalue weighted by molar-refractivity contribution is 8.26. The van der Waals surface area contributed by atoms with E-state index in [1.165, 1.54) is 18.1 Å². The fraction of sp³-hybridized carbons (Fsp3) is 0.294. The molecule has 2 rings (SSSR count). The molecular formula is C17H18N2O6S2. The van der Waals surface area contributed by atoms with Crippen LogP contribution in [-0.4, -0.2) is 57.4 Å². The van der Waals surface area contributed by atoms with Gasteiger partial charge >= 0.3 is 5.97 Å². The van der Waals surface area contributed by atoms with Gasteiger partial charge in [0.15, 0.2) is 11.5 Å². The van der Waals surface area contributed by atoms with E-state index in [9.17, 15) is 19.5 Å². The third-order valence-corrected chi connectivity index (χ3v) is 4.98. The highest BCUT2D eigenvalue weighted by Crippen LogP contribution is 2.34. The molecule has 0 aromatic heterocycles. The van der Waals surface area contributed by atoms with Crippen molar-refractivity contribution in [3.63, 3.8) is 0 Å². The Morgan fingerprint density at radius 1 is 1.37 bits per heavy atom. The smallest absolute Gasteiger partial charge is 0.305 e. The Hall–Kier alpha value is -2.59. The summed E-state index contributed by atoms with van der Waals surface area (Å²) < 4.78 is 5.39. The van der Waals surface area contributed by atoms with Crippen molar-refractivity contribution < 1.29 is 29.3 Å². The summed E-state index contributed by atoms with van der Waals surface area (Å²) in [5, 5.41) is 20.6. The van der Waals surface area contributed by atoms with Crippen LogP contribution in [0.15, 0.2) is 23.1 Å². The molecule has 1 heterocycles. The summed E-state index contributed by atoms with van der Waals surface area (Å²) in [6.07, 6.45) is 1.49. The summed E-state index contributed by atoms with van der Waals surface area (Å²) >= 11 is 6.33. The number of nitrogens with zero attached hydrogens (tertiary/aromatic N) is 1. The van der Waals surface area contributed by atoms with E-state index in [1.807, 2.05) is 0 Å². The van der Waals surface area contributed by atoms with Crippen LogP contribution < -0.4 is 10.1 Å². The van der Waals surface area contributed by atoms with Gasteiger partial charge in [0.1, 0.15) is 4.32 Å². The van der Waals surface area contributed by atoms with E-state index >= 15 is 0 Å². The molecule has 1 saturated heterocycles. The zero-order valence-electron chi connectivity index (χ0n) is 14.4. The molecule has 0 saturated carbocycles. The van der Waals surface area contributed by atoms with Crippen LogP contribution in [0, 0.1) is 0 Å². The van der Waals surface area contributed by atoms with Crippen LogP contribution >= 0.6 is 24.0 Å². The molecule has 2 amide bonds. The number of rotatable bonds is 8. The minimum Gasteiger partial charge on any atom is -0.504 e. The van der Waals surface area contributed by atoms with E-state index in [0.717, 1.165) is 11.8 Å². The molecule has 1 fully saturated rings. The maximum absolute atomic E-state index is 12.5. The van der Waals surface area contributed by atoms with Gasteiger partial charge in [-0.15, -0.1) is 0 Å². The third kappa shape index (κ3) is 5.69. The van der Waals surface area contributed by atoms with E-state index in [2.05, 4.69) is 5.32 Å². The lowest BCUT2D eigenvalue weighted by molar-refractivity contribution is -0.136. The van der Waals surface area contributed by atoms with Crippen molar-refractivity contribution in [1.82, 2.24) is 10.2 Å². The van der Waals surface area contributed by atoms with Crippen LogP contribution in [0.2, 0.25) is 0 Å². The molecule has 27 heavy (non-hydrogen) atoms. The lowest BCUT2D eigenvalue weighted by atomic mass is 10.2. The molecule has 1 aromatic carbocycles. The number of phenolic OH excluding ortho intramolecular Hbond substituents is 1. The maximum Gasteiger partial charge on any atom is 0.305 e. The molecule has 0 atom stereocenters. The topological polar surface area (TPSA) is 116 Å². The Kier molecular flexibility index (Phi) is 7.19. The third-order valence-electron chi connectivity index (χ3n) is 3.60. The molecular weight excluding hydrogens is 392 g/mol. The molecule has 10 heteroatoms. The quantitative estimate of drug-likeness (QED) is 0.437. The number of carbonyl (C=O) groups excluding carboxylic acids is 2. The molecule has 0 aliphatic carbocycles. The van der Waals surface area contributed by atoms with Gasteiger partial charge in [-0.2, -0.15) is 0 Å². The fourth-order valence-electron chi connectivity index (χ4n) is 2.24. The minimum absolute atomic E-state index is 0.00360. The van der Waals surface area contributed by atoms with Crippen molar-refractivity contribution in [3.05, 3.63) is 28.7 Å². The zero-order chi connectivity index (χ0) is 20.0. The number of phenols is 1. The first-order chi connectivity index (χ1) is 12.8. The largest absolute Gasteiger partial charge is 0.504 e. The second kappa shape index (κ2) is 9.38. The molecule has 8 nitrogen and oxygen atoms in total. The zero-order valence-corrected chi connectivity index (χ0v) is 16.1. The summed E-state index contributed by atoms with van der Waals surface area (Å²) in [6.45, 7) is 0.148. The first-order valence-electron chi connectivity index (χ1n) is 7.92. The summed E-state index contributed by atoms with van der Waals surface area (Å²) in [5.74, 6) is -1.37. The SMILES string of the molecule is COc1cc(/C=C2\SC(=S)N(CCC(=O)NCCC(=O)O)C2=O)ccc1O. The number of nitrogens with one attached hydrogen (secondary N) is 1. The number of methoxy groups -OCH3 is 1. The van der Waals surface area contributed by atoms with Crippen molar-refractivity contribution in [1.29, 1.82) is 0 Å². The van der Waals surface area contributed by atoms with E-state index < -0.39 is 5.97 Å². The van der Waals surface area contributed by atoms with Gasteiger partial charge < -0.3 is 20.3 Å². The van der Waals surface area contributed by atoms with E-state index in [1.54, 1.807) is 18.2 Å². The minimum atomic E-state index is -0.997. The molecule has 1 aliphatic rings. The maximum atomic E-state index is 12.5. The molecule has 144 valence electrons. The lowest BCUT2D eigenvalue weighted by Gasteiger charge is -2.13. The van der Waals surface area contributed by atoms with Crippen molar-refractivity contribution in [3.8, 4) is 11.5 Å². The Morgan fingerprint density at radius 3 is 2.78 bits per heavy atom. The number of thioether (sulfide) groups is 1. The van der Waals surface area contributed by atoms with Crippen LogP contribution in [0.3, 0.4) is 0 Å². The van der Waals surface area contributed by atoms with Crippen LogP contribution in [0.4, 0.5) is 0 Å². The highest BCUT2D eigenvalue weighted by atomic mass is 32.2. The van der Waals surface area contributed by atoms with Gasteiger partial charge in [0.05, 0.1) is 18.4 Å². The van der Waals surface area contributed by atoms with Gasteiger partial charge in [-0.05, 0) is 23.8 Å². The molecule has 1 aliphatic heterocycles. The molecule has 0 radical (unpaired) electrons. The summed E-state index contributed by atoms with van der Waals surface area (Å²) in [7, 11) is 1.43. The van der Waals surface area contributed by atoms with Gasteiger partial charge in [0, 0.05) is 19.5 Å². The standard InChI is InChI=1S/C17H18N2O6S2/c1-25-12-8-10(2-3-11(12)20)9-13-16(24)19(17(26)27-13)7-5-14(21)18-6-4-15(22)23/h2-3,8-9,20H,4-7H2,1H3,(H,18,21)(H,22,23)/b13-9-. The van der Waals surface area contributed by atoms with Crippen molar-refractivity contribution >= 4 is 52.2 Å². The van der Waals surface area contributed by atoms with Crippen LogP contribution in [-0.2, 0) is 14.4 Å². The van der Waals surface area contributed by atoms with Gasteiger partial charge in [-0.1, -0.05) is 30.0 Å². The first-order valence-corrected chi connectivity index (χ1v) is 9.15. The Morgan fingerprint density at radius 2 is 2.11 bits per heavy atom. The Bertz CT molecular complexity index is 809. The molecule has 1 aromatic rings. The monoisotopic (exact) mass is 410 g/mol. The first kappa shape index (κ1) is 20.7. The summed E-state index contributed by atoms with van der Waals surface area (Å²) in [6, 6.07) is 4.70. The van der Waals surface area contributed by atoms with Crippen LogP contribution in [0.5, 0.6) is 11.5 Å². The molecule has 0 bridgehead atoms. The van der Waals surface area contributed by atoms with Crippen LogP contribution in [0.25, 0.3) is 6.08 Å². The molecule has 0 unspecified atom stereocenters. The fourth-order valence-corrected chi connectivity index (χ4v) is 3.55.